The maximum absolute atomic E-state index is 11.7. The van der Waals surface area contributed by atoms with Gasteiger partial charge < -0.3 is 14.2 Å². The molecule has 0 saturated carbocycles. The zero-order chi connectivity index (χ0) is 11.7. The van der Waals surface area contributed by atoms with Crippen molar-refractivity contribution in [3.05, 3.63) is 23.3 Å². The van der Waals surface area contributed by atoms with E-state index in [4.69, 9.17) is 14.2 Å². The van der Waals surface area contributed by atoms with E-state index in [1.54, 1.807) is 13.2 Å². The summed E-state index contributed by atoms with van der Waals surface area (Å²) in [6, 6.07) is 3.55. The lowest BCUT2D eigenvalue weighted by molar-refractivity contribution is 0.0296. The number of carbonyl (C=O) groups is 1. The van der Waals surface area contributed by atoms with Crippen LogP contribution in [0.2, 0.25) is 0 Å². The molecule has 0 amide bonds. The molecule has 1 heterocycles. The normalized spacial score (nSPS) is 18.7. The SMILES string of the molecule is COc1cc2c(c(OC)c1)C(=O)O[C@H](C)C2. The van der Waals surface area contributed by atoms with Crippen molar-refractivity contribution in [3.8, 4) is 11.5 Å². The lowest BCUT2D eigenvalue weighted by Crippen LogP contribution is -2.25. The van der Waals surface area contributed by atoms with E-state index < -0.39 is 0 Å². The van der Waals surface area contributed by atoms with Gasteiger partial charge in [0.1, 0.15) is 23.2 Å². The Hall–Kier alpha value is -1.71. The first kappa shape index (κ1) is 10.8. The van der Waals surface area contributed by atoms with Gasteiger partial charge in [0, 0.05) is 12.5 Å². The summed E-state index contributed by atoms with van der Waals surface area (Å²) in [5.41, 5.74) is 1.43. The van der Waals surface area contributed by atoms with Gasteiger partial charge in [-0.3, -0.25) is 0 Å². The molecule has 4 heteroatoms. The van der Waals surface area contributed by atoms with Gasteiger partial charge in [-0.15, -0.1) is 0 Å². The standard InChI is InChI=1S/C12H14O4/c1-7-4-8-5-9(14-2)6-10(15-3)11(8)12(13)16-7/h5-7H,4H2,1-3H3/t7-/m1/s1. The van der Waals surface area contributed by atoms with Crippen molar-refractivity contribution in [3.63, 3.8) is 0 Å². The second-order valence-electron chi connectivity index (χ2n) is 3.78. The summed E-state index contributed by atoms with van der Waals surface area (Å²) in [7, 11) is 3.12. The number of benzene rings is 1. The van der Waals surface area contributed by atoms with Crippen LogP contribution in [0.5, 0.6) is 11.5 Å². The van der Waals surface area contributed by atoms with E-state index in [0.717, 1.165) is 5.56 Å². The Morgan fingerprint density at radius 2 is 2.06 bits per heavy atom. The molecule has 1 aromatic rings. The van der Waals surface area contributed by atoms with Crippen molar-refractivity contribution in [2.45, 2.75) is 19.4 Å². The van der Waals surface area contributed by atoms with Crippen molar-refractivity contribution < 1.29 is 19.0 Å². The van der Waals surface area contributed by atoms with Crippen LogP contribution in [0.3, 0.4) is 0 Å². The van der Waals surface area contributed by atoms with Crippen molar-refractivity contribution in [1.29, 1.82) is 0 Å². The van der Waals surface area contributed by atoms with Crippen LogP contribution in [0.25, 0.3) is 0 Å². The highest BCUT2D eigenvalue weighted by Crippen LogP contribution is 2.33. The summed E-state index contributed by atoms with van der Waals surface area (Å²) in [6.45, 7) is 1.87. The Balaban J connectivity index is 2.56. The summed E-state index contributed by atoms with van der Waals surface area (Å²) >= 11 is 0. The van der Waals surface area contributed by atoms with E-state index in [0.29, 0.717) is 23.5 Å². The van der Waals surface area contributed by atoms with Crippen LogP contribution in [0, 0.1) is 0 Å². The molecule has 0 aliphatic carbocycles. The van der Waals surface area contributed by atoms with Crippen molar-refractivity contribution in [1.82, 2.24) is 0 Å². The number of ether oxygens (including phenoxy) is 3. The fourth-order valence-corrected chi connectivity index (χ4v) is 1.91. The van der Waals surface area contributed by atoms with E-state index in [2.05, 4.69) is 0 Å². The molecule has 86 valence electrons. The first-order valence-electron chi connectivity index (χ1n) is 5.11. The number of hydrogen-bond acceptors (Lipinski definition) is 4. The molecule has 0 radical (unpaired) electrons. The molecule has 4 nitrogen and oxygen atoms in total. The Kier molecular flexibility index (Phi) is 2.73. The highest BCUT2D eigenvalue weighted by molar-refractivity contribution is 5.95. The molecule has 1 aliphatic heterocycles. The van der Waals surface area contributed by atoms with Crippen LogP contribution in [0.15, 0.2) is 12.1 Å². The molecule has 0 unspecified atom stereocenters. The maximum atomic E-state index is 11.7. The third-order valence-electron chi connectivity index (χ3n) is 2.63. The molecule has 16 heavy (non-hydrogen) atoms. The molecule has 0 spiro atoms. The number of cyclic esters (lactones) is 1. The quantitative estimate of drug-likeness (QED) is 0.716. The fraction of sp³-hybridized carbons (Fsp3) is 0.417. The molecule has 1 aliphatic rings. The van der Waals surface area contributed by atoms with Crippen molar-refractivity contribution in [2.24, 2.45) is 0 Å². The predicted octanol–water partition coefficient (Wildman–Crippen LogP) is 1.81. The van der Waals surface area contributed by atoms with Crippen molar-refractivity contribution in [2.75, 3.05) is 14.2 Å². The molecule has 2 rings (SSSR count). The molecule has 1 atom stereocenters. The van der Waals surface area contributed by atoms with E-state index >= 15 is 0 Å². The summed E-state index contributed by atoms with van der Waals surface area (Å²) < 4.78 is 15.5. The topological polar surface area (TPSA) is 44.8 Å². The Morgan fingerprint density at radius 1 is 1.31 bits per heavy atom. The van der Waals surface area contributed by atoms with Gasteiger partial charge >= 0.3 is 5.97 Å². The highest BCUT2D eigenvalue weighted by atomic mass is 16.5. The molecular formula is C12H14O4. The van der Waals surface area contributed by atoms with E-state index in [9.17, 15) is 4.79 Å². The lowest BCUT2D eigenvalue weighted by atomic mass is 9.98. The van der Waals surface area contributed by atoms with Crippen LogP contribution in [-0.4, -0.2) is 26.3 Å². The van der Waals surface area contributed by atoms with Gasteiger partial charge in [0.05, 0.1) is 14.2 Å². The molecule has 0 N–H and O–H groups in total. The van der Waals surface area contributed by atoms with Crippen LogP contribution in [0.1, 0.15) is 22.8 Å². The van der Waals surface area contributed by atoms with Crippen LogP contribution < -0.4 is 9.47 Å². The number of hydrogen-bond donors (Lipinski definition) is 0. The van der Waals surface area contributed by atoms with Gasteiger partial charge in [-0.25, -0.2) is 4.79 Å². The summed E-state index contributed by atoms with van der Waals surface area (Å²) in [4.78, 5) is 11.7. The molecule has 0 fully saturated rings. The highest BCUT2D eigenvalue weighted by Gasteiger charge is 2.27. The number of fused-ring (bicyclic) bond motifs is 1. The summed E-state index contributed by atoms with van der Waals surface area (Å²) in [5, 5.41) is 0. The van der Waals surface area contributed by atoms with Crippen LogP contribution in [0.4, 0.5) is 0 Å². The van der Waals surface area contributed by atoms with E-state index in [-0.39, 0.29) is 12.1 Å². The average Bonchev–Trinajstić information content (AvgIpc) is 2.26. The Labute approximate surface area is 94.1 Å². The molecule has 0 saturated heterocycles. The lowest BCUT2D eigenvalue weighted by Gasteiger charge is -2.23. The average molecular weight is 222 g/mol. The molecular weight excluding hydrogens is 208 g/mol. The molecule has 1 aromatic carbocycles. The molecule has 0 aromatic heterocycles. The summed E-state index contributed by atoms with van der Waals surface area (Å²) in [5.74, 6) is 0.872. The number of carbonyl (C=O) groups excluding carboxylic acids is 1. The smallest absolute Gasteiger partial charge is 0.342 e. The number of rotatable bonds is 2. The largest absolute Gasteiger partial charge is 0.497 e. The Bertz CT molecular complexity index is 425. The number of methoxy groups -OCH3 is 2. The first-order valence-corrected chi connectivity index (χ1v) is 5.11. The number of esters is 1. The minimum atomic E-state index is -0.326. The van der Waals surface area contributed by atoms with Gasteiger partial charge in [-0.05, 0) is 18.6 Å². The second kappa shape index (κ2) is 4.04. The van der Waals surface area contributed by atoms with E-state index in [1.165, 1.54) is 7.11 Å². The van der Waals surface area contributed by atoms with Crippen LogP contribution in [-0.2, 0) is 11.2 Å². The second-order valence-corrected chi connectivity index (χ2v) is 3.78. The minimum absolute atomic E-state index is 0.100. The van der Waals surface area contributed by atoms with Gasteiger partial charge in [-0.1, -0.05) is 0 Å². The zero-order valence-electron chi connectivity index (χ0n) is 9.57. The third kappa shape index (κ3) is 1.71. The zero-order valence-corrected chi connectivity index (χ0v) is 9.57. The third-order valence-corrected chi connectivity index (χ3v) is 2.63. The van der Waals surface area contributed by atoms with Gasteiger partial charge in [0.2, 0.25) is 0 Å². The predicted molar refractivity (Wildman–Crippen MR) is 58.1 cm³/mol. The monoisotopic (exact) mass is 222 g/mol. The van der Waals surface area contributed by atoms with Gasteiger partial charge in [0.15, 0.2) is 0 Å². The van der Waals surface area contributed by atoms with Gasteiger partial charge in [-0.2, -0.15) is 0 Å². The van der Waals surface area contributed by atoms with Crippen molar-refractivity contribution >= 4 is 5.97 Å². The fourth-order valence-electron chi connectivity index (χ4n) is 1.91. The minimum Gasteiger partial charge on any atom is -0.497 e. The summed E-state index contributed by atoms with van der Waals surface area (Å²) in [6.07, 6.45) is 0.589. The first-order chi connectivity index (χ1) is 7.65. The van der Waals surface area contributed by atoms with Crippen LogP contribution >= 0.6 is 0 Å². The van der Waals surface area contributed by atoms with E-state index in [1.807, 2.05) is 13.0 Å². The van der Waals surface area contributed by atoms with Gasteiger partial charge in [0.25, 0.3) is 0 Å². The Morgan fingerprint density at radius 3 is 2.69 bits per heavy atom. The maximum Gasteiger partial charge on any atom is 0.342 e. The molecule has 0 bridgehead atoms.